The Morgan fingerprint density at radius 3 is 2.96 bits per heavy atom. The Morgan fingerprint density at radius 2 is 2.26 bits per heavy atom. The molecule has 0 spiro atoms. The van der Waals surface area contributed by atoms with Crippen LogP contribution in [0.15, 0.2) is 23.3 Å². The van der Waals surface area contributed by atoms with Gasteiger partial charge in [-0.3, -0.25) is 4.98 Å². The monoisotopic (exact) mass is 318 g/mol. The van der Waals surface area contributed by atoms with Crippen LogP contribution in [0.5, 0.6) is 0 Å². The van der Waals surface area contributed by atoms with E-state index in [-0.39, 0.29) is 11.5 Å². The molecule has 1 aliphatic carbocycles. The molecule has 0 aliphatic heterocycles. The first-order valence-corrected chi connectivity index (χ1v) is 8.66. The van der Waals surface area contributed by atoms with Crippen molar-refractivity contribution in [3.05, 3.63) is 29.6 Å². The first-order valence-electron chi connectivity index (χ1n) is 8.66. The summed E-state index contributed by atoms with van der Waals surface area (Å²) in [5.74, 6) is 0.788. The number of aromatic nitrogens is 1. The average molecular weight is 318 g/mol. The first kappa shape index (κ1) is 17.7. The van der Waals surface area contributed by atoms with Crippen LogP contribution in [-0.4, -0.2) is 35.2 Å². The van der Waals surface area contributed by atoms with E-state index in [1.807, 2.05) is 6.07 Å². The van der Waals surface area contributed by atoms with Crippen molar-refractivity contribution in [3.8, 4) is 0 Å². The molecule has 0 aromatic carbocycles. The highest BCUT2D eigenvalue weighted by atomic mass is 16.3. The van der Waals surface area contributed by atoms with Crippen LogP contribution >= 0.6 is 0 Å². The molecular formula is C18H30N4O. The van der Waals surface area contributed by atoms with Gasteiger partial charge in [0.15, 0.2) is 5.96 Å². The third-order valence-electron chi connectivity index (χ3n) is 4.79. The topological polar surface area (TPSA) is 69.5 Å². The highest BCUT2D eigenvalue weighted by molar-refractivity contribution is 5.79. The van der Waals surface area contributed by atoms with Crippen molar-refractivity contribution in [2.45, 2.75) is 59.1 Å². The van der Waals surface area contributed by atoms with E-state index in [9.17, 15) is 5.11 Å². The molecule has 2 rings (SSSR count). The SMILES string of the molecule is CCNC(=NCc1ncccc1C)NCC1(C)CCCCC1O. The van der Waals surface area contributed by atoms with Crippen LogP contribution in [0.3, 0.4) is 0 Å². The van der Waals surface area contributed by atoms with Gasteiger partial charge in [-0.2, -0.15) is 0 Å². The van der Waals surface area contributed by atoms with Gasteiger partial charge in [0.2, 0.25) is 0 Å². The molecule has 5 heteroatoms. The van der Waals surface area contributed by atoms with Gasteiger partial charge in [0.1, 0.15) is 0 Å². The Bertz CT molecular complexity index is 532. The van der Waals surface area contributed by atoms with Crippen LogP contribution < -0.4 is 10.6 Å². The van der Waals surface area contributed by atoms with Gasteiger partial charge in [0, 0.05) is 24.7 Å². The lowest BCUT2D eigenvalue weighted by Gasteiger charge is -2.38. The summed E-state index contributed by atoms with van der Waals surface area (Å²) in [6.07, 6.45) is 5.85. The summed E-state index contributed by atoms with van der Waals surface area (Å²) in [5.41, 5.74) is 2.07. The van der Waals surface area contributed by atoms with Gasteiger partial charge in [0.05, 0.1) is 18.3 Å². The van der Waals surface area contributed by atoms with E-state index in [2.05, 4.69) is 47.4 Å². The lowest BCUT2D eigenvalue weighted by Crippen LogP contribution is -2.48. The second-order valence-corrected chi connectivity index (χ2v) is 6.73. The van der Waals surface area contributed by atoms with E-state index in [0.717, 1.165) is 49.6 Å². The van der Waals surface area contributed by atoms with Crippen LogP contribution in [0.2, 0.25) is 0 Å². The number of nitrogens with one attached hydrogen (secondary N) is 2. The number of aryl methyl sites for hydroxylation is 1. The fraction of sp³-hybridized carbons (Fsp3) is 0.667. The van der Waals surface area contributed by atoms with E-state index < -0.39 is 0 Å². The highest BCUT2D eigenvalue weighted by Crippen LogP contribution is 2.35. The molecule has 1 heterocycles. The Kier molecular flexibility index (Phi) is 6.39. The molecule has 2 unspecified atom stereocenters. The minimum Gasteiger partial charge on any atom is -0.392 e. The third-order valence-corrected chi connectivity index (χ3v) is 4.79. The van der Waals surface area contributed by atoms with Crippen molar-refractivity contribution in [2.24, 2.45) is 10.4 Å². The number of pyridine rings is 1. The summed E-state index contributed by atoms with van der Waals surface area (Å²) in [5, 5.41) is 17.0. The van der Waals surface area contributed by atoms with Crippen LogP contribution in [0.1, 0.15) is 50.8 Å². The van der Waals surface area contributed by atoms with Crippen LogP contribution in [0.4, 0.5) is 0 Å². The summed E-state index contributed by atoms with van der Waals surface area (Å²) in [7, 11) is 0. The van der Waals surface area contributed by atoms with E-state index >= 15 is 0 Å². The van der Waals surface area contributed by atoms with Crippen molar-refractivity contribution < 1.29 is 5.11 Å². The minimum absolute atomic E-state index is 0.0741. The maximum absolute atomic E-state index is 10.3. The lowest BCUT2D eigenvalue weighted by molar-refractivity contribution is 0.00397. The molecule has 1 fully saturated rings. The molecular weight excluding hydrogens is 288 g/mol. The molecule has 0 bridgehead atoms. The van der Waals surface area contributed by atoms with Crippen LogP contribution in [-0.2, 0) is 6.54 Å². The van der Waals surface area contributed by atoms with Crippen molar-refractivity contribution >= 4 is 5.96 Å². The molecule has 1 saturated carbocycles. The number of aliphatic imine (C=N–C) groups is 1. The van der Waals surface area contributed by atoms with Gasteiger partial charge in [-0.25, -0.2) is 4.99 Å². The molecule has 5 nitrogen and oxygen atoms in total. The normalized spacial score (nSPS) is 25.2. The smallest absolute Gasteiger partial charge is 0.191 e. The summed E-state index contributed by atoms with van der Waals surface area (Å²) < 4.78 is 0. The lowest BCUT2D eigenvalue weighted by atomic mass is 9.73. The third kappa shape index (κ3) is 4.93. The zero-order valence-electron chi connectivity index (χ0n) is 14.6. The summed E-state index contributed by atoms with van der Waals surface area (Å²) >= 11 is 0. The van der Waals surface area contributed by atoms with Crippen molar-refractivity contribution in [2.75, 3.05) is 13.1 Å². The average Bonchev–Trinajstić information content (AvgIpc) is 2.54. The van der Waals surface area contributed by atoms with Gasteiger partial charge in [0.25, 0.3) is 0 Å². The van der Waals surface area contributed by atoms with Crippen molar-refractivity contribution in [1.29, 1.82) is 0 Å². The second kappa shape index (κ2) is 8.29. The zero-order chi connectivity index (χ0) is 16.7. The number of nitrogens with zero attached hydrogens (tertiary/aromatic N) is 2. The van der Waals surface area contributed by atoms with Gasteiger partial charge in [-0.05, 0) is 38.3 Å². The number of hydrogen-bond acceptors (Lipinski definition) is 3. The Balaban J connectivity index is 1.98. The van der Waals surface area contributed by atoms with Crippen molar-refractivity contribution in [3.63, 3.8) is 0 Å². The van der Waals surface area contributed by atoms with Crippen LogP contribution in [0, 0.1) is 12.3 Å². The maximum atomic E-state index is 10.3. The maximum Gasteiger partial charge on any atom is 0.191 e. The fourth-order valence-corrected chi connectivity index (χ4v) is 3.05. The summed E-state index contributed by atoms with van der Waals surface area (Å²) in [6, 6.07) is 3.99. The highest BCUT2D eigenvalue weighted by Gasteiger charge is 2.35. The van der Waals surface area contributed by atoms with Gasteiger partial charge in [-0.1, -0.05) is 25.8 Å². The quantitative estimate of drug-likeness (QED) is 0.576. The molecule has 23 heavy (non-hydrogen) atoms. The van der Waals surface area contributed by atoms with Crippen molar-refractivity contribution in [1.82, 2.24) is 15.6 Å². The van der Waals surface area contributed by atoms with E-state index in [4.69, 9.17) is 0 Å². The van der Waals surface area contributed by atoms with Gasteiger partial charge < -0.3 is 15.7 Å². The van der Waals surface area contributed by atoms with E-state index in [0.29, 0.717) is 6.54 Å². The summed E-state index contributed by atoms with van der Waals surface area (Å²) in [4.78, 5) is 9.02. The minimum atomic E-state index is -0.232. The van der Waals surface area contributed by atoms with Gasteiger partial charge >= 0.3 is 0 Å². The van der Waals surface area contributed by atoms with Crippen LogP contribution in [0.25, 0.3) is 0 Å². The Labute approximate surface area is 139 Å². The molecule has 3 N–H and O–H groups in total. The number of hydrogen-bond donors (Lipinski definition) is 3. The molecule has 0 radical (unpaired) electrons. The van der Waals surface area contributed by atoms with E-state index in [1.54, 1.807) is 6.20 Å². The molecule has 1 aliphatic rings. The Morgan fingerprint density at radius 1 is 1.43 bits per heavy atom. The first-order chi connectivity index (χ1) is 11.0. The largest absolute Gasteiger partial charge is 0.392 e. The second-order valence-electron chi connectivity index (χ2n) is 6.73. The van der Waals surface area contributed by atoms with Gasteiger partial charge in [-0.15, -0.1) is 0 Å². The molecule has 0 saturated heterocycles. The van der Waals surface area contributed by atoms with E-state index in [1.165, 1.54) is 6.42 Å². The molecule has 0 amide bonds. The number of rotatable bonds is 5. The standard InChI is InChI=1S/C18H30N4O/c1-4-19-17(21-12-15-14(2)8-7-11-20-15)22-13-18(3)10-6-5-9-16(18)23/h7-8,11,16,23H,4-6,9-10,12-13H2,1-3H3,(H2,19,21,22). The molecule has 1 aromatic rings. The number of aliphatic hydroxyl groups excluding tert-OH is 1. The Hall–Kier alpha value is -1.62. The molecule has 1 aromatic heterocycles. The number of guanidine groups is 1. The zero-order valence-corrected chi connectivity index (χ0v) is 14.6. The predicted octanol–water partition coefficient (Wildman–Crippen LogP) is 2.39. The molecule has 2 atom stereocenters. The fourth-order valence-electron chi connectivity index (χ4n) is 3.05. The number of aliphatic hydroxyl groups is 1. The molecule has 128 valence electrons. The predicted molar refractivity (Wildman–Crippen MR) is 94.4 cm³/mol. The summed E-state index contributed by atoms with van der Waals surface area (Å²) in [6.45, 7) is 8.38.